The molecule has 0 bridgehead atoms. The van der Waals surface area contributed by atoms with Crippen LogP contribution in [0.2, 0.25) is 0 Å². The van der Waals surface area contributed by atoms with Crippen LogP contribution in [0.3, 0.4) is 0 Å². The van der Waals surface area contributed by atoms with Gasteiger partial charge in [0.05, 0.1) is 40.0 Å². The molecule has 1 aliphatic heterocycles. The minimum Gasteiger partial charge on any atom is -0.497 e. The third kappa shape index (κ3) is 8.95. The summed E-state index contributed by atoms with van der Waals surface area (Å²) in [6.45, 7) is 17.5. The second-order valence-electron chi connectivity index (χ2n) is 13.5. The predicted molar refractivity (Wildman–Crippen MR) is 188 cm³/mol. The molecular weight excluding hydrogens is 638 g/mol. The van der Waals surface area contributed by atoms with Gasteiger partial charge in [0.2, 0.25) is 0 Å². The summed E-state index contributed by atoms with van der Waals surface area (Å²) in [6, 6.07) is 16.5. The Morgan fingerprint density at radius 2 is 1.50 bits per heavy atom. The van der Waals surface area contributed by atoms with Gasteiger partial charge < -0.3 is 33.5 Å². The van der Waals surface area contributed by atoms with Gasteiger partial charge in [-0.05, 0) is 64.8 Å². The molecule has 1 N–H and O–H groups in total. The zero-order chi connectivity index (χ0) is 36.6. The Bertz CT molecular complexity index is 1660. The van der Waals surface area contributed by atoms with E-state index in [1.807, 2.05) is 69.3 Å². The van der Waals surface area contributed by atoms with E-state index < -0.39 is 30.3 Å². The Kier molecular flexibility index (Phi) is 12.9. The highest BCUT2D eigenvalue weighted by Crippen LogP contribution is 2.43. The third-order valence-electron chi connectivity index (χ3n) is 10.1. The number of aliphatic hydroxyl groups excluding tert-OH is 1. The number of carbonyl (C=O) groups excluding carboxylic acids is 2. The summed E-state index contributed by atoms with van der Waals surface area (Å²) in [5, 5.41) is 11.6. The number of Topliss-reactive ketones (excluding diaryl/α,β-unsaturated/α-hetero) is 1. The van der Waals surface area contributed by atoms with Crippen LogP contribution in [0.1, 0.15) is 73.1 Å². The number of hydrogen-bond acceptors (Lipinski definition) is 9. The zero-order valence-corrected chi connectivity index (χ0v) is 30.3. The fourth-order valence-electron chi connectivity index (χ4n) is 6.10. The predicted octanol–water partition coefficient (Wildman–Crippen LogP) is 7.15. The lowest BCUT2D eigenvalue weighted by molar-refractivity contribution is -0.149. The molecule has 0 radical (unpaired) electrons. The molecule has 5 atom stereocenters. The summed E-state index contributed by atoms with van der Waals surface area (Å²) in [4.78, 5) is 30.7. The minimum atomic E-state index is -1.16. The number of rotatable bonds is 15. The average Bonchev–Trinajstić information content (AvgIpc) is 3.12. The molecule has 3 aromatic rings. The van der Waals surface area contributed by atoms with Crippen molar-refractivity contribution in [2.75, 3.05) is 21.3 Å². The van der Waals surface area contributed by atoms with Crippen molar-refractivity contribution < 1.29 is 43.1 Å². The molecule has 1 saturated heterocycles. The number of ether oxygens (including phenoxy) is 6. The number of benzene rings is 3. The number of esters is 1. The number of nitrogens with zero attached hydrogens (tertiary/aromatic N) is 1. The topological polar surface area (TPSA) is 114 Å². The molecule has 268 valence electrons. The summed E-state index contributed by atoms with van der Waals surface area (Å²) in [6.07, 6.45) is -1.60. The van der Waals surface area contributed by atoms with E-state index in [1.54, 1.807) is 27.2 Å². The van der Waals surface area contributed by atoms with Gasteiger partial charge in [0.15, 0.2) is 0 Å². The molecule has 1 heterocycles. The van der Waals surface area contributed by atoms with Crippen LogP contribution in [0.15, 0.2) is 54.6 Å². The molecule has 0 aromatic heterocycles. The van der Waals surface area contributed by atoms with Crippen LogP contribution < -0.4 is 18.9 Å². The second kappa shape index (κ2) is 16.9. The number of methoxy groups -OCH3 is 3. The number of aliphatic hydroxyl groups is 1. The smallest absolute Gasteiger partial charge is 0.341 e. The average molecular weight is 688 g/mol. The Labute approximate surface area is 295 Å². The molecule has 3 aromatic carbocycles. The van der Waals surface area contributed by atoms with Crippen LogP contribution in [0.4, 0.5) is 0 Å². The van der Waals surface area contributed by atoms with Crippen LogP contribution in [-0.2, 0) is 33.9 Å². The second-order valence-corrected chi connectivity index (χ2v) is 13.5. The van der Waals surface area contributed by atoms with Crippen molar-refractivity contribution in [3.8, 4) is 23.0 Å². The van der Waals surface area contributed by atoms with Gasteiger partial charge >= 0.3 is 12.2 Å². The molecule has 0 aliphatic carbocycles. The van der Waals surface area contributed by atoms with Crippen molar-refractivity contribution in [1.29, 1.82) is 0 Å². The zero-order valence-electron chi connectivity index (χ0n) is 30.3. The van der Waals surface area contributed by atoms with Crippen molar-refractivity contribution in [1.82, 2.24) is 0 Å². The number of ketones is 1. The van der Waals surface area contributed by atoms with E-state index in [2.05, 4.69) is 11.8 Å². The van der Waals surface area contributed by atoms with Crippen molar-refractivity contribution >= 4 is 11.8 Å². The first-order valence-electron chi connectivity index (χ1n) is 16.8. The van der Waals surface area contributed by atoms with Crippen LogP contribution in [-0.4, -0.2) is 56.6 Å². The molecule has 1 aliphatic rings. The monoisotopic (exact) mass is 687 g/mol. The van der Waals surface area contributed by atoms with Gasteiger partial charge in [-0.15, -0.1) is 0 Å². The molecule has 0 amide bonds. The Morgan fingerprint density at radius 1 is 0.960 bits per heavy atom. The molecule has 50 heavy (non-hydrogen) atoms. The lowest BCUT2D eigenvalue weighted by Crippen LogP contribution is -2.47. The number of hydrogen-bond donors (Lipinski definition) is 1. The maximum absolute atomic E-state index is 13.7. The van der Waals surface area contributed by atoms with Crippen molar-refractivity contribution in [2.45, 2.75) is 85.5 Å². The lowest BCUT2D eigenvalue weighted by atomic mass is 9.69. The summed E-state index contributed by atoms with van der Waals surface area (Å²) >= 11 is 0. The van der Waals surface area contributed by atoms with Crippen LogP contribution in [0.25, 0.3) is 4.85 Å². The number of carbonyl (C=O) groups is 2. The van der Waals surface area contributed by atoms with Gasteiger partial charge in [-0.25, -0.2) is 11.4 Å². The van der Waals surface area contributed by atoms with Crippen molar-refractivity contribution in [2.24, 2.45) is 17.3 Å². The first-order valence-corrected chi connectivity index (χ1v) is 16.8. The van der Waals surface area contributed by atoms with Crippen molar-refractivity contribution in [3.63, 3.8) is 0 Å². The normalized spacial score (nSPS) is 19.4. The van der Waals surface area contributed by atoms with Gasteiger partial charge in [0, 0.05) is 24.8 Å². The molecule has 1 fully saturated rings. The Morgan fingerprint density at radius 3 is 2.00 bits per heavy atom. The molecule has 10 heteroatoms. The van der Waals surface area contributed by atoms with E-state index in [9.17, 15) is 14.7 Å². The highest BCUT2D eigenvalue weighted by atomic mass is 16.5. The van der Waals surface area contributed by atoms with Crippen LogP contribution >= 0.6 is 0 Å². The highest BCUT2D eigenvalue weighted by molar-refractivity contribution is 5.95. The molecule has 0 spiro atoms. The fraction of sp³-hybridized carbons (Fsp3) is 0.475. The maximum Gasteiger partial charge on any atom is 0.341 e. The van der Waals surface area contributed by atoms with Crippen LogP contribution in [0, 0.1) is 30.7 Å². The van der Waals surface area contributed by atoms with Gasteiger partial charge in [0.1, 0.15) is 47.6 Å². The summed E-state index contributed by atoms with van der Waals surface area (Å²) < 4.78 is 34.3. The van der Waals surface area contributed by atoms with E-state index in [0.29, 0.717) is 29.0 Å². The summed E-state index contributed by atoms with van der Waals surface area (Å²) in [7, 11) is 4.48. The standard InChI is InChI=1S/C40H49NO9/c1-24-18-37(41-6)50-36(40(24,4)5)20-33(43)26(3)32(42)19-31-25(2)34(48-22-27-10-14-29(45-7)15-11-27)21-35(38(31)39(44)47-9)49-23-28-12-16-30(46-8)17-13-28/h10-17,21,24,26,32,36-37,42H,18-20,22-23H2,1-5,7-9H3/t24-,26?,32-,36-,37+/m1/s1. The van der Waals surface area contributed by atoms with Crippen LogP contribution in [0.5, 0.6) is 23.0 Å². The Hall–Kier alpha value is -4.59. The summed E-state index contributed by atoms with van der Waals surface area (Å²) in [5.41, 5.74) is 2.62. The fourth-order valence-corrected chi connectivity index (χ4v) is 6.10. The van der Waals surface area contributed by atoms with E-state index in [4.69, 9.17) is 35.0 Å². The maximum atomic E-state index is 13.7. The molecular formula is C40H49NO9. The third-order valence-corrected chi connectivity index (χ3v) is 10.1. The van der Waals surface area contributed by atoms with Crippen molar-refractivity contribution in [3.05, 3.63) is 93.8 Å². The van der Waals surface area contributed by atoms with E-state index in [0.717, 1.165) is 16.9 Å². The van der Waals surface area contributed by atoms with E-state index >= 15 is 0 Å². The first kappa shape index (κ1) is 38.2. The SMILES string of the molecule is [C-]#[N+][C@@H]1C[C@@H](C)C(C)(C)[C@@H](CC(=O)C(C)[C@H](O)Cc2c(C)c(OCc3ccc(OC)cc3)cc(OCc3ccc(OC)cc3)c2C(=O)OC)O1. The molecule has 1 unspecified atom stereocenters. The molecule has 4 rings (SSSR count). The first-order chi connectivity index (χ1) is 23.8. The molecule has 0 saturated carbocycles. The quantitative estimate of drug-likeness (QED) is 0.131. The lowest BCUT2D eigenvalue weighted by Gasteiger charge is -2.43. The summed E-state index contributed by atoms with van der Waals surface area (Å²) in [5.74, 6) is 0.655. The van der Waals surface area contributed by atoms with Gasteiger partial charge in [-0.2, -0.15) is 0 Å². The Balaban J connectivity index is 1.66. The van der Waals surface area contributed by atoms with Gasteiger partial charge in [-0.3, -0.25) is 9.64 Å². The van der Waals surface area contributed by atoms with Gasteiger partial charge in [0.25, 0.3) is 0 Å². The minimum absolute atomic E-state index is 0.0438. The highest BCUT2D eigenvalue weighted by Gasteiger charge is 2.46. The largest absolute Gasteiger partial charge is 0.497 e. The van der Waals surface area contributed by atoms with E-state index in [-0.39, 0.29) is 54.5 Å². The molecule has 10 nitrogen and oxygen atoms in total. The van der Waals surface area contributed by atoms with Gasteiger partial charge in [-0.1, -0.05) is 52.0 Å². The van der Waals surface area contributed by atoms with E-state index in [1.165, 1.54) is 7.11 Å².